The van der Waals surface area contributed by atoms with Crippen LogP contribution in [0.25, 0.3) is 10.9 Å². The molecule has 1 aliphatic carbocycles. The molecule has 162 valence electrons. The average molecular weight is 436 g/mol. The van der Waals surface area contributed by atoms with Crippen molar-refractivity contribution in [2.75, 3.05) is 24.2 Å². The van der Waals surface area contributed by atoms with Crippen LogP contribution in [0.1, 0.15) is 36.1 Å². The van der Waals surface area contributed by atoms with Crippen LogP contribution in [0, 0.1) is 18.8 Å². The summed E-state index contributed by atoms with van der Waals surface area (Å²) in [6, 6.07) is 14.0. The molecule has 2 aromatic carbocycles. The Balaban J connectivity index is 1.27. The number of fused-ring (bicyclic) bond motifs is 2. The zero-order chi connectivity index (χ0) is 21.6. The summed E-state index contributed by atoms with van der Waals surface area (Å²) in [7, 11) is -3.26. The van der Waals surface area contributed by atoms with Crippen molar-refractivity contribution in [2.24, 2.45) is 11.8 Å². The van der Waals surface area contributed by atoms with E-state index in [-0.39, 0.29) is 0 Å². The second-order valence-electron chi connectivity index (χ2n) is 9.27. The molecule has 0 bridgehead atoms. The molecule has 5 rings (SSSR count). The minimum Gasteiger partial charge on any atom is -0.341 e. The van der Waals surface area contributed by atoms with Gasteiger partial charge in [-0.2, -0.15) is 0 Å². The van der Waals surface area contributed by atoms with E-state index in [1.165, 1.54) is 25.5 Å². The van der Waals surface area contributed by atoms with Gasteiger partial charge in [-0.1, -0.05) is 24.3 Å². The molecule has 0 atom stereocenters. The maximum atomic E-state index is 11.9. The zero-order valence-electron chi connectivity index (χ0n) is 18.2. The number of rotatable bonds is 4. The van der Waals surface area contributed by atoms with E-state index in [9.17, 15) is 8.42 Å². The Kier molecular flexibility index (Phi) is 5.21. The molecule has 0 amide bonds. The first-order chi connectivity index (χ1) is 14.9. The van der Waals surface area contributed by atoms with E-state index in [0.717, 1.165) is 54.8 Å². The van der Waals surface area contributed by atoms with Crippen molar-refractivity contribution >= 4 is 26.7 Å². The van der Waals surface area contributed by atoms with Crippen LogP contribution in [0.5, 0.6) is 0 Å². The van der Waals surface area contributed by atoms with Gasteiger partial charge in [-0.05, 0) is 80.2 Å². The van der Waals surface area contributed by atoms with Crippen LogP contribution >= 0.6 is 0 Å². The fourth-order valence-electron chi connectivity index (χ4n) is 5.28. The van der Waals surface area contributed by atoms with Gasteiger partial charge in [0.15, 0.2) is 9.84 Å². The molecule has 0 radical (unpaired) electrons. The van der Waals surface area contributed by atoms with E-state index in [2.05, 4.69) is 29.2 Å². The van der Waals surface area contributed by atoms with Gasteiger partial charge in [0.2, 0.25) is 5.95 Å². The third-order valence-corrected chi connectivity index (χ3v) is 8.09. The number of hydrogen-bond acceptors (Lipinski definition) is 5. The van der Waals surface area contributed by atoms with Gasteiger partial charge < -0.3 is 4.90 Å². The molecule has 1 aliphatic heterocycles. The first-order valence-corrected chi connectivity index (χ1v) is 13.1. The summed E-state index contributed by atoms with van der Waals surface area (Å²) in [5, 5.41) is 0.909. The number of sulfone groups is 1. The van der Waals surface area contributed by atoms with Crippen LogP contribution in [-0.4, -0.2) is 37.7 Å². The molecule has 31 heavy (non-hydrogen) atoms. The number of benzene rings is 2. The molecule has 5 nitrogen and oxygen atoms in total. The van der Waals surface area contributed by atoms with Crippen LogP contribution in [0.15, 0.2) is 47.4 Å². The number of aromatic nitrogens is 2. The number of anilines is 1. The summed E-state index contributed by atoms with van der Waals surface area (Å²) in [5.41, 5.74) is 4.68. The Morgan fingerprint density at radius 2 is 1.65 bits per heavy atom. The molecule has 0 spiro atoms. The van der Waals surface area contributed by atoms with Gasteiger partial charge in [0, 0.05) is 24.7 Å². The Hall–Kier alpha value is -2.47. The molecule has 1 saturated heterocycles. The van der Waals surface area contributed by atoms with Crippen molar-refractivity contribution in [1.82, 2.24) is 9.97 Å². The number of piperidine rings is 1. The highest BCUT2D eigenvalue weighted by Gasteiger charge is 2.27. The van der Waals surface area contributed by atoms with Gasteiger partial charge in [-0.25, -0.2) is 18.4 Å². The highest BCUT2D eigenvalue weighted by molar-refractivity contribution is 7.90. The van der Waals surface area contributed by atoms with Crippen LogP contribution < -0.4 is 4.90 Å². The zero-order valence-corrected chi connectivity index (χ0v) is 19.0. The Labute approximate surface area is 184 Å². The van der Waals surface area contributed by atoms with Gasteiger partial charge >= 0.3 is 0 Å². The van der Waals surface area contributed by atoms with E-state index in [4.69, 9.17) is 9.97 Å². The average Bonchev–Trinajstić information content (AvgIpc) is 3.15. The van der Waals surface area contributed by atoms with Gasteiger partial charge in [0.1, 0.15) is 0 Å². The van der Waals surface area contributed by atoms with E-state index in [1.54, 1.807) is 23.3 Å². The lowest BCUT2D eigenvalue weighted by atomic mass is 9.86. The molecule has 0 N–H and O–H groups in total. The first kappa shape index (κ1) is 20.4. The second kappa shape index (κ2) is 7.90. The molecule has 6 heteroatoms. The molecule has 2 aliphatic rings. The molecule has 0 saturated carbocycles. The van der Waals surface area contributed by atoms with Crippen LogP contribution in [-0.2, 0) is 22.7 Å². The van der Waals surface area contributed by atoms with E-state index in [0.29, 0.717) is 10.4 Å². The van der Waals surface area contributed by atoms with Crippen LogP contribution in [0.4, 0.5) is 5.95 Å². The standard InChI is InChI=1S/C25H29N3O2S/c1-17-23-8-7-22(31(2,29)30)16-24(23)27-25(26-17)28-11-9-18(10-12-28)13-19-14-20-5-3-4-6-21(20)15-19/h3-8,16,18-19H,9-15H2,1-2H3. The minimum absolute atomic E-state index is 0.306. The Bertz CT molecular complexity index is 1210. The summed E-state index contributed by atoms with van der Waals surface area (Å²) in [6.45, 7) is 3.89. The first-order valence-electron chi connectivity index (χ1n) is 11.2. The number of nitrogens with zero attached hydrogens (tertiary/aromatic N) is 3. The Morgan fingerprint density at radius 3 is 2.29 bits per heavy atom. The minimum atomic E-state index is -3.26. The van der Waals surface area contributed by atoms with Crippen molar-refractivity contribution in [1.29, 1.82) is 0 Å². The monoisotopic (exact) mass is 435 g/mol. The SMILES string of the molecule is Cc1nc(N2CCC(CC3Cc4ccccc4C3)CC2)nc2cc(S(C)(=O)=O)ccc12. The van der Waals surface area contributed by atoms with Gasteiger partial charge in [0.05, 0.1) is 16.1 Å². The van der Waals surface area contributed by atoms with Crippen molar-refractivity contribution in [2.45, 2.75) is 43.9 Å². The lowest BCUT2D eigenvalue weighted by Crippen LogP contribution is -2.35. The van der Waals surface area contributed by atoms with Gasteiger partial charge in [0.25, 0.3) is 0 Å². The second-order valence-corrected chi connectivity index (χ2v) is 11.3. The van der Waals surface area contributed by atoms with Gasteiger partial charge in [-0.15, -0.1) is 0 Å². The fraction of sp³-hybridized carbons (Fsp3) is 0.440. The third kappa shape index (κ3) is 4.18. The predicted molar refractivity (Wildman–Crippen MR) is 124 cm³/mol. The van der Waals surface area contributed by atoms with Crippen molar-refractivity contribution in [3.05, 3.63) is 59.3 Å². The van der Waals surface area contributed by atoms with Crippen molar-refractivity contribution in [3.8, 4) is 0 Å². The highest BCUT2D eigenvalue weighted by atomic mass is 32.2. The van der Waals surface area contributed by atoms with Crippen LogP contribution in [0.2, 0.25) is 0 Å². The summed E-state index contributed by atoms with van der Waals surface area (Å²) in [6.07, 6.45) is 7.32. The van der Waals surface area contributed by atoms with Crippen molar-refractivity contribution < 1.29 is 8.42 Å². The topological polar surface area (TPSA) is 63.2 Å². The molecule has 2 heterocycles. The predicted octanol–water partition coefficient (Wildman–Crippen LogP) is 4.36. The molecular formula is C25H29N3O2S. The van der Waals surface area contributed by atoms with Crippen molar-refractivity contribution in [3.63, 3.8) is 0 Å². The summed E-state index contributed by atoms with van der Waals surface area (Å²) < 4.78 is 23.9. The molecular weight excluding hydrogens is 406 g/mol. The largest absolute Gasteiger partial charge is 0.341 e. The van der Waals surface area contributed by atoms with Gasteiger partial charge in [-0.3, -0.25) is 0 Å². The van der Waals surface area contributed by atoms with Crippen LogP contribution in [0.3, 0.4) is 0 Å². The maximum Gasteiger partial charge on any atom is 0.226 e. The molecule has 0 unspecified atom stereocenters. The summed E-state index contributed by atoms with van der Waals surface area (Å²) in [4.78, 5) is 12.0. The molecule has 3 aromatic rings. The fourth-order valence-corrected chi connectivity index (χ4v) is 5.92. The van der Waals surface area contributed by atoms with E-state index in [1.807, 2.05) is 13.0 Å². The lowest BCUT2D eigenvalue weighted by Gasteiger charge is -2.33. The Morgan fingerprint density at radius 1 is 0.968 bits per heavy atom. The molecule has 1 fully saturated rings. The maximum absolute atomic E-state index is 11.9. The normalized spacial score (nSPS) is 17.9. The number of aryl methyl sites for hydroxylation is 1. The lowest BCUT2D eigenvalue weighted by molar-refractivity contribution is 0.319. The quantitative estimate of drug-likeness (QED) is 0.609. The third-order valence-electron chi connectivity index (χ3n) is 6.97. The molecule has 1 aromatic heterocycles. The van der Waals surface area contributed by atoms with E-state index >= 15 is 0 Å². The summed E-state index contributed by atoms with van der Waals surface area (Å²) in [5.74, 6) is 2.26. The smallest absolute Gasteiger partial charge is 0.226 e. The summed E-state index contributed by atoms with van der Waals surface area (Å²) >= 11 is 0. The number of hydrogen-bond donors (Lipinski definition) is 0. The highest BCUT2D eigenvalue weighted by Crippen LogP contribution is 2.34. The van der Waals surface area contributed by atoms with E-state index < -0.39 is 9.84 Å².